The Morgan fingerprint density at radius 1 is 1.24 bits per heavy atom. The quantitative estimate of drug-likeness (QED) is 0.322. The van der Waals surface area contributed by atoms with Crippen molar-refractivity contribution in [3.05, 3.63) is 0 Å². The van der Waals surface area contributed by atoms with Crippen LogP contribution in [0.15, 0.2) is 5.16 Å². The van der Waals surface area contributed by atoms with Crippen molar-refractivity contribution < 1.29 is 10.0 Å². The van der Waals surface area contributed by atoms with Crippen LogP contribution in [-0.4, -0.2) is 23.0 Å². The van der Waals surface area contributed by atoms with Crippen LogP contribution in [0, 0.1) is 17.3 Å². The molecule has 0 aliphatic heterocycles. The predicted octanol–water partition coefficient (Wildman–Crippen LogP) is 2.62. The second-order valence-electron chi connectivity index (χ2n) is 7.05. The summed E-state index contributed by atoms with van der Waals surface area (Å²) in [6.07, 6.45) is 7.94. The highest BCUT2D eigenvalue weighted by molar-refractivity contribution is 6.07. The molecule has 0 bridgehead atoms. The number of nitrogens with one attached hydrogen (secondary N) is 1. The third-order valence-electron chi connectivity index (χ3n) is 5.48. The van der Waals surface area contributed by atoms with Crippen LogP contribution in [0.5, 0.6) is 0 Å². The van der Waals surface area contributed by atoms with Crippen LogP contribution in [0.4, 0.5) is 0 Å². The van der Waals surface area contributed by atoms with E-state index >= 15 is 0 Å². The van der Waals surface area contributed by atoms with E-state index in [9.17, 15) is 4.79 Å². The molecule has 0 aromatic heterocycles. The van der Waals surface area contributed by atoms with Crippen LogP contribution in [0.25, 0.3) is 0 Å². The Morgan fingerprint density at radius 2 is 1.86 bits per heavy atom. The maximum absolute atomic E-state index is 12.8. The van der Waals surface area contributed by atoms with Gasteiger partial charge in [-0.2, -0.15) is 0 Å². The van der Waals surface area contributed by atoms with E-state index in [1.54, 1.807) is 0 Å². The highest BCUT2D eigenvalue weighted by Gasteiger charge is 2.46. The number of hydrogen-bond acceptors (Lipinski definition) is 3. The van der Waals surface area contributed by atoms with Gasteiger partial charge in [0.1, 0.15) is 5.41 Å². The maximum Gasteiger partial charge on any atom is 0.234 e. The standard InChI is InChI=1S/C16H29N3O2/c1-11(2)12-7-3-4-8-13(12)18-15(20)16(14(17)19-21)9-5-6-10-16/h11-13,21H,3-10H2,1-2H3,(H2,17,19)(H,18,20). The van der Waals surface area contributed by atoms with Crippen molar-refractivity contribution in [2.24, 2.45) is 28.1 Å². The Morgan fingerprint density at radius 3 is 2.43 bits per heavy atom. The normalized spacial score (nSPS) is 29.6. The Bertz CT molecular complexity index is 400. The van der Waals surface area contributed by atoms with E-state index in [1.807, 2.05) is 0 Å². The fourth-order valence-corrected chi connectivity index (χ4v) is 4.12. The first-order valence-corrected chi connectivity index (χ1v) is 8.30. The fraction of sp³-hybridized carbons (Fsp3) is 0.875. The molecule has 2 atom stereocenters. The summed E-state index contributed by atoms with van der Waals surface area (Å²) in [6, 6.07) is 0.232. The van der Waals surface area contributed by atoms with E-state index in [2.05, 4.69) is 24.3 Å². The highest BCUT2D eigenvalue weighted by atomic mass is 16.4. The minimum atomic E-state index is -0.784. The molecule has 0 aromatic carbocycles. The van der Waals surface area contributed by atoms with Crippen LogP contribution in [0.1, 0.15) is 65.2 Å². The average molecular weight is 295 g/mol. The summed E-state index contributed by atoms with van der Waals surface area (Å²) in [7, 11) is 0. The first kappa shape index (κ1) is 16.1. The molecular weight excluding hydrogens is 266 g/mol. The van der Waals surface area contributed by atoms with Gasteiger partial charge in [0.25, 0.3) is 0 Å². The lowest BCUT2D eigenvalue weighted by atomic mass is 9.76. The molecule has 4 N–H and O–H groups in total. The Kier molecular flexibility index (Phi) is 5.12. The molecule has 0 spiro atoms. The Balaban J connectivity index is 2.11. The van der Waals surface area contributed by atoms with Crippen molar-refractivity contribution in [1.82, 2.24) is 5.32 Å². The second kappa shape index (κ2) is 6.67. The summed E-state index contributed by atoms with van der Waals surface area (Å²) in [5.74, 6) is 1.15. The van der Waals surface area contributed by atoms with Crippen LogP contribution in [0.3, 0.4) is 0 Å². The lowest BCUT2D eigenvalue weighted by molar-refractivity contribution is -0.129. The molecule has 5 nitrogen and oxygen atoms in total. The third-order valence-corrected chi connectivity index (χ3v) is 5.48. The molecule has 2 fully saturated rings. The Hall–Kier alpha value is -1.26. The van der Waals surface area contributed by atoms with Gasteiger partial charge in [0, 0.05) is 6.04 Å². The van der Waals surface area contributed by atoms with Crippen molar-refractivity contribution in [1.29, 1.82) is 0 Å². The summed E-state index contributed by atoms with van der Waals surface area (Å²) in [5, 5.41) is 15.4. The molecule has 0 heterocycles. The molecule has 1 amide bonds. The lowest BCUT2D eigenvalue weighted by Gasteiger charge is -2.37. The predicted molar refractivity (Wildman–Crippen MR) is 83.0 cm³/mol. The van der Waals surface area contributed by atoms with E-state index < -0.39 is 5.41 Å². The highest BCUT2D eigenvalue weighted by Crippen LogP contribution is 2.39. The summed E-state index contributed by atoms with van der Waals surface area (Å²) in [5.41, 5.74) is 5.07. The number of amides is 1. The number of carbonyl (C=O) groups is 1. The van der Waals surface area contributed by atoms with E-state index in [-0.39, 0.29) is 17.8 Å². The number of hydrogen-bond donors (Lipinski definition) is 3. The number of rotatable bonds is 4. The van der Waals surface area contributed by atoms with E-state index in [0.29, 0.717) is 24.7 Å². The van der Waals surface area contributed by atoms with Gasteiger partial charge in [0.05, 0.1) is 0 Å². The van der Waals surface area contributed by atoms with Gasteiger partial charge in [0.2, 0.25) is 5.91 Å². The van der Waals surface area contributed by atoms with Gasteiger partial charge in [-0.1, -0.05) is 44.7 Å². The van der Waals surface area contributed by atoms with Crippen LogP contribution in [-0.2, 0) is 4.79 Å². The van der Waals surface area contributed by atoms with E-state index in [1.165, 1.54) is 19.3 Å². The van der Waals surface area contributed by atoms with Crippen LogP contribution in [0.2, 0.25) is 0 Å². The monoisotopic (exact) mass is 295 g/mol. The lowest BCUT2D eigenvalue weighted by Crippen LogP contribution is -2.53. The van der Waals surface area contributed by atoms with Crippen molar-refractivity contribution >= 4 is 11.7 Å². The number of nitrogens with two attached hydrogens (primary N) is 1. The molecule has 2 rings (SSSR count). The molecule has 0 aromatic rings. The van der Waals surface area contributed by atoms with Gasteiger partial charge in [0.15, 0.2) is 5.84 Å². The van der Waals surface area contributed by atoms with E-state index in [0.717, 1.165) is 19.3 Å². The smallest absolute Gasteiger partial charge is 0.234 e. The minimum absolute atomic E-state index is 0.0344. The van der Waals surface area contributed by atoms with E-state index in [4.69, 9.17) is 10.9 Å². The fourth-order valence-electron chi connectivity index (χ4n) is 4.12. The SMILES string of the molecule is CC(C)C1CCCCC1NC(=O)C1(C(N)=NO)CCCC1. The summed E-state index contributed by atoms with van der Waals surface area (Å²) in [6.45, 7) is 4.45. The third kappa shape index (κ3) is 3.16. The van der Waals surface area contributed by atoms with Gasteiger partial charge < -0.3 is 16.3 Å². The van der Waals surface area contributed by atoms with Gasteiger partial charge in [-0.3, -0.25) is 4.79 Å². The van der Waals surface area contributed by atoms with Crippen molar-refractivity contribution in [3.63, 3.8) is 0 Å². The van der Waals surface area contributed by atoms with Gasteiger partial charge in [-0.05, 0) is 37.5 Å². The topological polar surface area (TPSA) is 87.7 Å². The molecule has 2 unspecified atom stereocenters. The van der Waals surface area contributed by atoms with Gasteiger partial charge in [-0.25, -0.2) is 0 Å². The van der Waals surface area contributed by atoms with Gasteiger partial charge in [-0.15, -0.1) is 0 Å². The number of oxime groups is 1. The first-order chi connectivity index (χ1) is 10.0. The largest absolute Gasteiger partial charge is 0.409 e. The second-order valence-corrected chi connectivity index (χ2v) is 7.05. The van der Waals surface area contributed by atoms with Gasteiger partial charge >= 0.3 is 0 Å². The molecule has 5 heteroatoms. The van der Waals surface area contributed by atoms with Crippen molar-refractivity contribution in [2.45, 2.75) is 71.3 Å². The number of amidine groups is 1. The zero-order valence-electron chi connectivity index (χ0n) is 13.3. The molecule has 2 aliphatic carbocycles. The molecule has 2 aliphatic rings. The summed E-state index contributed by atoms with van der Waals surface area (Å²) >= 11 is 0. The molecule has 0 saturated heterocycles. The molecule has 0 radical (unpaired) electrons. The molecule has 21 heavy (non-hydrogen) atoms. The minimum Gasteiger partial charge on any atom is -0.409 e. The summed E-state index contributed by atoms with van der Waals surface area (Å²) in [4.78, 5) is 12.8. The van der Waals surface area contributed by atoms with Crippen molar-refractivity contribution in [3.8, 4) is 0 Å². The first-order valence-electron chi connectivity index (χ1n) is 8.30. The molecule has 120 valence electrons. The van der Waals surface area contributed by atoms with Crippen LogP contribution >= 0.6 is 0 Å². The Labute approximate surface area is 127 Å². The molecule has 2 saturated carbocycles. The maximum atomic E-state index is 12.8. The zero-order chi connectivity index (χ0) is 15.5. The zero-order valence-corrected chi connectivity index (χ0v) is 13.3. The summed E-state index contributed by atoms with van der Waals surface area (Å²) < 4.78 is 0. The van der Waals surface area contributed by atoms with Crippen molar-refractivity contribution in [2.75, 3.05) is 0 Å². The molecular formula is C16H29N3O2. The van der Waals surface area contributed by atoms with Crippen LogP contribution < -0.4 is 11.1 Å². The number of carbonyl (C=O) groups excluding carboxylic acids is 1. The average Bonchev–Trinajstić information content (AvgIpc) is 2.97. The number of nitrogens with zero attached hydrogens (tertiary/aromatic N) is 1.